The molecule has 1 aromatic rings. The van der Waals surface area contributed by atoms with Crippen LogP contribution in [0.2, 0.25) is 19.6 Å². The molecule has 4 atom stereocenters. The van der Waals surface area contributed by atoms with Crippen molar-refractivity contribution in [2.24, 2.45) is 5.92 Å². The zero-order chi connectivity index (χ0) is 18.3. The summed E-state index contributed by atoms with van der Waals surface area (Å²) in [6.07, 6.45) is 0.0682. The zero-order valence-corrected chi connectivity index (χ0v) is 15.7. The van der Waals surface area contributed by atoms with Crippen molar-refractivity contribution < 1.29 is 29.3 Å². The van der Waals surface area contributed by atoms with Crippen molar-refractivity contribution in [1.29, 1.82) is 0 Å². The minimum atomic E-state index is -2.01. The quantitative estimate of drug-likeness (QED) is 0.421. The van der Waals surface area contributed by atoms with Gasteiger partial charge >= 0.3 is 5.97 Å². The molecule has 134 valence electrons. The molecule has 2 rings (SSSR count). The minimum Gasteiger partial charge on any atom is -0.474 e. The minimum absolute atomic E-state index is 0.156. The molecule has 1 aliphatic carbocycles. The van der Waals surface area contributed by atoms with E-state index in [4.69, 9.17) is 9.15 Å². The summed E-state index contributed by atoms with van der Waals surface area (Å²) >= 11 is 0. The molecule has 0 aliphatic heterocycles. The van der Waals surface area contributed by atoms with E-state index < -0.39 is 37.8 Å². The van der Waals surface area contributed by atoms with Crippen molar-refractivity contribution in [3.05, 3.63) is 29.5 Å². The van der Waals surface area contributed by atoms with Crippen molar-refractivity contribution in [2.75, 3.05) is 6.61 Å². The lowest BCUT2D eigenvalue weighted by Crippen LogP contribution is -2.59. The molecule has 0 amide bonds. The van der Waals surface area contributed by atoms with Gasteiger partial charge in [-0.1, -0.05) is 25.7 Å². The Hall–Kier alpha value is -1.41. The number of aliphatic hydroxyl groups excluding tert-OH is 2. The van der Waals surface area contributed by atoms with Gasteiger partial charge in [0.2, 0.25) is 0 Å². The first kappa shape index (κ1) is 18.9. The fourth-order valence-electron chi connectivity index (χ4n) is 3.17. The number of hydrogen-bond acceptors (Lipinski definition) is 6. The van der Waals surface area contributed by atoms with Crippen molar-refractivity contribution >= 4 is 19.4 Å². The number of hydrogen-bond donors (Lipinski definition) is 3. The maximum Gasteiger partial charge on any atom is 0.316 e. The van der Waals surface area contributed by atoms with Crippen molar-refractivity contribution in [1.82, 2.24) is 0 Å². The van der Waals surface area contributed by atoms with E-state index in [2.05, 4.69) is 0 Å². The second-order valence-corrected chi connectivity index (χ2v) is 12.2. The van der Waals surface area contributed by atoms with Gasteiger partial charge in [0.25, 0.3) is 0 Å². The van der Waals surface area contributed by atoms with Crippen LogP contribution in [0, 0.1) is 5.92 Å². The molecular formula is C17H26O6Si. The van der Waals surface area contributed by atoms with Gasteiger partial charge in [0.15, 0.2) is 0 Å². The first-order valence-electron chi connectivity index (χ1n) is 8.07. The smallest absolute Gasteiger partial charge is 0.316 e. The Morgan fingerprint density at radius 3 is 2.54 bits per heavy atom. The highest BCUT2D eigenvalue weighted by Gasteiger charge is 2.56. The van der Waals surface area contributed by atoms with Gasteiger partial charge in [-0.15, -0.1) is 0 Å². The summed E-state index contributed by atoms with van der Waals surface area (Å²) in [4.78, 5) is 12.4. The summed E-state index contributed by atoms with van der Waals surface area (Å²) in [6, 6.07) is 1.56. The summed E-state index contributed by atoms with van der Waals surface area (Å²) in [5.41, 5.74) is -1.24. The molecule has 0 fully saturated rings. The molecule has 0 bridgehead atoms. The Labute approximate surface area is 142 Å². The summed E-state index contributed by atoms with van der Waals surface area (Å²) in [7, 11) is -2.00. The number of carbonyl (C=O) groups is 1. The van der Waals surface area contributed by atoms with E-state index in [0.29, 0.717) is 16.5 Å². The van der Waals surface area contributed by atoms with Crippen molar-refractivity contribution in [2.45, 2.75) is 51.3 Å². The summed E-state index contributed by atoms with van der Waals surface area (Å²) in [5.74, 6) is -1.77. The largest absolute Gasteiger partial charge is 0.474 e. The van der Waals surface area contributed by atoms with Crippen LogP contribution in [-0.2, 0) is 15.1 Å². The maximum atomic E-state index is 12.4. The third-order valence-corrected chi connectivity index (χ3v) is 6.19. The third kappa shape index (κ3) is 2.97. The van der Waals surface area contributed by atoms with Gasteiger partial charge in [0.05, 0.1) is 18.3 Å². The van der Waals surface area contributed by atoms with Crippen LogP contribution in [0.25, 0.3) is 0 Å². The molecule has 0 saturated carbocycles. The van der Waals surface area contributed by atoms with Crippen LogP contribution < -0.4 is 5.38 Å². The van der Waals surface area contributed by atoms with E-state index >= 15 is 0 Å². The number of aliphatic hydroxyl groups is 3. The highest BCUT2D eigenvalue weighted by molar-refractivity contribution is 6.88. The molecule has 1 aromatic heterocycles. The Kier molecular flexibility index (Phi) is 5.10. The molecule has 0 radical (unpaired) electrons. The highest BCUT2D eigenvalue weighted by Crippen LogP contribution is 2.42. The Bertz CT molecular complexity index is 644. The van der Waals surface area contributed by atoms with Gasteiger partial charge in [0, 0.05) is 5.56 Å². The van der Waals surface area contributed by atoms with Gasteiger partial charge in [-0.25, -0.2) is 0 Å². The fraction of sp³-hybridized carbons (Fsp3) is 0.588. The molecule has 0 unspecified atom stereocenters. The molecule has 24 heavy (non-hydrogen) atoms. The van der Waals surface area contributed by atoms with Crippen LogP contribution in [0.15, 0.2) is 28.4 Å². The molecule has 3 N–H and O–H groups in total. The van der Waals surface area contributed by atoms with E-state index in [1.807, 2.05) is 19.6 Å². The SMILES string of the molecule is CCOC(=O)[C@@H]1C=C(C)[C@@H](O)[C@@H](O)[C@@]1(O)c1ccoc1[Si](C)(C)C. The molecule has 0 aromatic carbocycles. The molecule has 1 aliphatic rings. The van der Waals surface area contributed by atoms with Crippen LogP contribution in [-0.4, -0.2) is 48.2 Å². The molecular weight excluding hydrogens is 328 g/mol. The van der Waals surface area contributed by atoms with Gasteiger partial charge in [-0.2, -0.15) is 0 Å². The second-order valence-electron chi connectivity index (χ2n) is 7.27. The number of carbonyl (C=O) groups excluding carboxylic acids is 1. The Morgan fingerprint density at radius 2 is 2.00 bits per heavy atom. The first-order valence-corrected chi connectivity index (χ1v) is 11.6. The third-order valence-electron chi connectivity index (χ3n) is 4.44. The average molecular weight is 354 g/mol. The normalized spacial score (nSPS) is 30.8. The standard InChI is InChI=1S/C17H26O6Si/c1-6-22-15(20)12-9-10(2)13(18)14(19)17(12,21)11-7-8-23-16(11)24(3,4)5/h7-9,12-14,18-19,21H,6H2,1-5H3/t12-,13+,14+,17+/m0/s1. The van der Waals surface area contributed by atoms with E-state index in [1.54, 1.807) is 19.9 Å². The lowest BCUT2D eigenvalue weighted by atomic mass is 9.70. The molecule has 7 heteroatoms. The molecule has 0 saturated heterocycles. The monoisotopic (exact) mass is 354 g/mol. The van der Waals surface area contributed by atoms with E-state index in [9.17, 15) is 20.1 Å². The average Bonchev–Trinajstić information content (AvgIpc) is 2.99. The zero-order valence-electron chi connectivity index (χ0n) is 14.7. The second kappa shape index (κ2) is 6.48. The highest BCUT2D eigenvalue weighted by atomic mass is 28.3. The van der Waals surface area contributed by atoms with Crippen LogP contribution >= 0.6 is 0 Å². The van der Waals surface area contributed by atoms with Crippen molar-refractivity contribution in [3.63, 3.8) is 0 Å². The molecule has 0 spiro atoms. The van der Waals surface area contributed by atoms with Gasteiger partial charge < -0.3 is 24.5 Å². The van der Waals surface area contributed by atoms with Crippen LogP contribution in [0.4, 0.5) is 0 Å². The number of ether oxygens (including phenoxy) is 1. The fourth-order valence-corrected chi connectivity index (χ4v) is 4.69. The lowest BCUT2D eigenvalue weighted by molar-refractivity contribution is -0.180. The maximum absolute atomic E-state index is 12.4. The van der Waals surface area contributed by atoms with Crippen LogP contribution in [0.5, 0.6) is 0 Å². The molecule has 6 nitrogen and oxygen atoms in total. The predicted octanol–water partition coefficient (Wildman–Crippen LogP) is 0.873. The van der Waals surface area contributed by atoms with Gasteiger partial charge in [0.1, 0.15) is 31.8 Å². The Morgan fingerprint density at radius 1 is 1.38 bits per heavy atom. The summed E-state index contributed by atoms with van der Waals surface area (Å²) in [5, 5.41) is 32.9. The Balaban J connectivity index is 2.65. The summed E-state index contributed by atoms with van der Waals surface area (Å²) in [6.45, 7) is 9.53. The number of esters is 1. The summed E-state index contributed by atoms with van der Waals surface area (Å²) < 4.78 is 10.7. The van der Waals surface area contributed by atoms with Gasteiger partial charge in [-0.3, -0.25) is 4.79 Å². The van der Waals surface area contributed by atoms with Crippen LogP contribution in [0.3, 0.4) is 0 Å². The van der Waals surface area contributed by atoms with E-state index in [1.165, 1.54) is 12.3 Å². The van der Waals surface area contributed by atoms with E-state index in [0.717, 1.165) is 0 Å². The first-order chi connectivity index (χ1) is 11.0. The van der Waals surface area contributed by atoms with Crippen LogP contribution in [0.1, 0.15) is 19.4 Å². The lowest BCUT2D eigenvalue weighted by Gasteiger charge is -2.43. The number of furan rings is 1. The van der Waals surface area contributed by atoms with Crippen molar-refractivity contribution in [3.8, 4) is 0 Å². The number of rotatable bonds is 4. The van der Waals surface area contributed by atoms with E-state index in [-0.39, 0.29) is 6.61 Å². The van der Waals surface area contributed by atoms with Gasteiger partial charge in [-0.05, 0) is 25.5 Å². The predicted molar refractivity (Wildman–Crippen MR) is 91.5 cm³/mol. The topological polar surface area (TPSA) is 100 Å². The molecule has 1 heterocycles.